The summed E-state index contributed by atoms with van der Waals surface area (Å²) in [6.07, 6.45) is -5.29. The maximum absolute atomic E-state index is 12.0. The van der Waals surface area contributed by atoms with Crippen LogP contribution in [-0.4, -0.2) is 28.8 Å². The van der Waals surface area contributed by atoms with E-state index >= 15 is 0 Å². The molecule has 0 saturated carbocycles. The van der Waals surface area contributed by atoms with Crippen molar-refractivity contribution < 1.29 is 27.8 Å². The second-order valence-corrected chi connectivity index (χ2v) is 4.92. The van der Waals surface area contributed by atoms with Crippen molar-refractivity contribution in [2.24, 2.45) is 0 Å². The number of rotatable bonds is 5. The minimum absolute atomic E-state index is 0.149. The van der Waals surface area contributed by atoms with Crippen LogP contribution in [0.3, 0.4) is 0 Å². The molecule has 2 rings (SSSR count). The maximum atomic E-state index is 12.0. The normalized spacial score (nSPS) is 11.4. The Labute approximate surface area is 121 Å². The molecule has 0 bridgehead atoms. The minimum Gasteiger partial charge on any atom is -0.478 e. The zero-order valence-electron chi connectivity index (χ0n) is 10.6. The molecule has 0 atom stereocenters. The van der Waals surface area contributed by atoms with Crippen LogP contribution >= 0.6 is 11.3 Å². The van der Waals surface area contributed by atoms with Crippen LogP contribution in [0.4, 0.5) is 13.2 Å². The quantitative estimate of drug-likeness (QED) is 0.910. The standard InChI is InChI=1S/C13H10F3NO3S/c14-13(15,16)5-6-20-12-17-10(7-21-12)8-1-3-9(4-2-8)11(18)19/h1-4,7H,5-6H2,(H,18,19). The van der Waals surface area contributed by atoms with E-state index < -0.39 is 25.2 Å². The molecule has 0 aliphatic carbocycles. The van der Waals surface area contributed by atoms with Crippen LogP contribution in [0.15, 0.2) is 29.6 Å². The summed E-state index contributed by atoms with van der Waals surface area (Å²) in [5.74, 6) is -1.03. The summed E-state index contributed by atoms with van der Waals surface area (Å²) in [4.78, 5) is 14.8. The number of aromatic carboxylic acids is 1. The van der Waals surface area contributed by atoms with E-state index in [9.17, 15) is 18.0 Å². The Morgan fingerprint density at radius 2 is 1.95 bits per heavy atom. The number of benzene rings is 1. The van der Waals surface area contributed by atoms with Crippen molar-refractivity contribution in [2.75, 3.05) is 6.61 Å². The van der Waals surface area contributed by atoms with Gasteiger partial charge in [0, 0.05) is 10.9 Å². The molecule has 0 aliphatic heterocycles. The van der Waals surface area contributed by atoms with Gasteiger partial charge in [0.05, 0.1) is 24.3 Å². The number of aromatic nitrogens is 1. The van der Waals surface area contributed by atoms with E-state index in [0.29, 0.717) is 11.3 Å². The Morgan fingerprint density at radius 1 is 1.29 bits per heavy atom. The van der Waals surface area contributed by atoms with Crippen LogP contribution in [0.5, 0.6) is 5.19 Å². The van der Waals surface area contributed by atoms with Gasteiger partial charge in [-0.15, -0.1) is 0 Å². The summed E-state index contributed by atoms with van der Waals surface area (Å²) in [6.45, 7) is -0.478. The fourth-order valence-corrected chi connectivity index (χ4v) is 2.20. The number of ether oxygens (including phenoxy) is 1. The number of alkyl halides is 3. The lowest BCUT2D eigenvalue weighted by molar-refractivity contribution is -0.139. The minimum atomic E-state index is -4.26. The van der Waals surface area contributed by atoms with Gasteiger partial charge in [0.15, 0.2) is 0 Å². The molecule has 0 amide bonds. The number of halogens is 3. The van der Waals surface area contributed by atoms with Gasteiger partial charge in [0.1, 0.15) is 0 Å². The number of nitrogens with zero attached hydrogens (tertiary/aromatic N) is 1. The van der Waals surface area contributed by atoms with Crippen molar-refractivity contribution in [1.82, 2.24) is 4.98 Å². The number of hydrogen-bond acceptors (Lipinski definition) is 4. The molecule has 0 radical (unpaired) electrons. The molecule has 0 spiro atoms. The van der Waals surface area contributed by atoms with Crippen molar-refractivity contribution >= 4 is 17.3 Å². The van der Waals surface area contributed by atoms with Crippen molar-refractivity contribution in [3.63, 3.8) is 0 Å². The van der Waals surface area contributed by atoms with Crippen LogP contribution < -0.4 is 4.74 Å². The Hall–Kier alpha value is -2.09. The number of thiazole rings is 1. The summed E-state index contributed by atoms with van der Waals surface area (Å²) in [7, 11) is 0. The van der Waals surface area contributed by atoms with Crippen LogP contribution in [0.25, 0.3) is 11.3 Å². The third-order valence-electron chi connectivity index (χ3n) is 2.52. The first-order valence-corrected chi connectivity index (χ1v) is 6.72. The third-order valence-corrected chi connectivity index (χ3v) is 3.27. The van der Waals surface area contributed by atoms with Crippen molar-refractivity contribution in [3.8, 4) is 16.5 Å². The third kappa shape index (κ3) is 4.45. The van der Waals surface area contributed by atoms with Crippen molar-refractivity contribution in [2.45, 2.75) is 12.6 Å². The van der Waals surface area contributed by atoms with E-state index in [0.717, 1.165) is 11.3 Å². The van der Waals surface area contributed by atoms with E-state index in [-0.39, 0.29) is 10.8 Å². The zero-order chi connectivity index (χ0) is 15.5. The lowest BCUT2D eigenvalue weighted by atomic mass is 10.1. The summed E-state index contributed by atoms with van der Waals surface area (Å²) in [6, 6.07) is 6.03. The maximum Gasteiger partial charge on any atom is 0.392 e. The topological polar surface area (TPSA) is 59.4 Å². The molecule has 112 valence electrons. The summed E-state index contributed by atoms with van der Waals surface area (Å²) >= 11 is 1.09. The predicted octanol–water partition coefficient (Wildman–Crippen LogP) is 3.84. The second-order valence-electron chi connectivity index (χ2n) is 4.09. The first-order chi connectivity index (χ1) is 9.85. The molecule has 1 aromatic heterocycles. The largest absolute Gasteiger partial charge is 0.478 e. The van der Waals surface area contributed by atoms with E-state index in [4.69, 9.17) is 9.84 Å². The Balaban J connectivity index is 2.00. The average molecular weight is 317 g/mol. The Morgan fingerprint density at radius 3 is 2.52 bits per heavy atom. The van der Waals surface area contributed by atoms with E-state index in [1.54, 1.807) is 17.5 Å². The molecule has 8 heteroatoms. The van der Waals surface area contributed by atoms with Gasteiger partial charge in [-0.05, 0) is 12.1 Å². The van der Waals surface area contributed by atoms with Gasteiger partial charge in [0.2, 0.25) is 0 Å². The van der Waals surface area contributed by atoms with Gasteiger partial charge in [-0.3, -0.25) is 0 Å². The van der Waals surface area contributed by atoms with Gasteiger partial charge in [0.25, 0.3) is 5.19 Å². The highest BCUT2D eigenvalue weighted by Gasteiger charge is 2.27. The molecule has 4 nitrogen and oxygen atoms in total. The monoisotopic (exact) mass is 317 g/mol. The fraction of sp³-hybridized carbons (Fsp3) is 0.231. The second kappa shape index (κ2) is 6.13. The molecule has 0 unspecified atom stereocenters. The highest BCUT2D eigenvalue weighted by molar-refractivity contribution is 7.11. The number of carboxylic acids is 1. The number of carbonyl (C=O) groups is 1. The summed E-state index contributed by atoms with van der Waals surface area (Å²) in [5.41, 5.74) is 1.34. The highest BCUT2D eigenvalue weighted by atomic mass is 32.1. The SMILES string of the molecule is O=C(O)c1ccc(-c2csc(OCCC(F)(F)F)n2)cc1. The molecule has 1 heterocycles. The average Bonchev–Trinajstić information content (AvgIpc) is 2.86. The van der Waals surface area contributed by atoms with Crippen molar-refractivity contribution in [1.29, 1.82) is 0 Å². The van der Waals surface area contributed by atoms with E-state index in [2.05, 4.69) is 4.98 Å². The molecule has 0 fully saturated rings. The Kier molecular flexibility index (Phi) is 4.46. The van der Waals surface area contributed by atoms with Crippen molar-refractivity contribution in [3.05, 3.63) is 35.2 Å². The molecule has 21 heavy (non-hydrogen) atoms. The first-order valence-electron chi connectivity index (χ1n) is 5.84. The lowest BCUT2D eigenvalue weighted by Crippen LogP contribution is -2.12. The van der Waals surface area contributed by atoms with E-state index in [1.165, 1.54) is 12.1 Å². The first kappa shape index (κ1) is 15.3. The number of hydrogen-bond donors (Lipinski definition) is 1. The molecule has 2 aromatic rings. The lowest BCUT2D eigenvalue weighted by Gasteiger charge is -2.05. The number of carboxylic acid groups (broad SMARTS) is 1. The molecule has 1 aromatic carbocycles. The fourth-order valence-electron chi connectivity index (χ4n) is 1.49. The summed E-state index contributed by atoms with van der Waals surface area (Å²) in [5, 5.41) is 10.6. The molecule has 1 N–H and O–H groups in total. The molecular formula is C13H10F3NO3S. The smallest absolute Gasteiger partial charge is 0.392 e. The Bertz CT molecular complexity index is 622. The van der Waals surface area contributed by atoms with Gasteiger partial charge in [-0.2, -0.15) is 13.2 Å². The molecular weight excluding hydrogens is 307 g/mol. The van der Waals surface area contributed by atoms with Gasteiger partial charge >= 0.3 is 12.1 Å². The van der Waals surface area contributed by atoms with Gasteiger partial charge in [-0.1, -0.05) is 23.5 Å². The van der Waals surface area contributed by atoms with Crippen LogP contribution in [0.1, 0.15) is 16.8 Å². The molecule has 0 saturated heterocycles. The summed E-state index contributed by atoms with van der Waals surface area (Å²) < 4.78 is 40.9. The van der Waals surface area contributed by atoms with Gasteiger partial charge < -0.3 is 9.84 Å². The van der Waals surface area contributed by atoms with Crippen LogP contribution in [-0.2, 0) is 0 Å². The van der Waals surface area contributed by atoms with Crippen LogP contribution in [0, 0.1) is 0 Å². The van der Waals surface area contributed by atoms with E-state index in [1.807, 2.05) is 0 Å². The highest BCUT2D eigenvalue weighted by Crippen LogP contribution is 2.27. The van der Waals surface area contributed by atoms with Gasteiger partial charge in [-0.25, -0.2) is 9.78 Å². The molecule has 0 aliphatic rings. The van der Waals surface area contributed by atoms with Crippen LogP contribution in [0.2, 0.25) is 0 Å². The predicted molar refractivity (Wildman–Crippen MR) is 70.7 cm³/mol. The zero-order valence-corrected chi connectivity index (χ0v) is 11.4.